The van der Waals surface area contributed by atoms with Gasteiger partial charge in [-0.05, 0) is 17.7 Å². The molecule has 7 heteroatoms. The Bertz CT molecular complexity index is 860. The highest BCUT2D eigenvalue weighted by Gasteiger charge is 2.33. The van der Waals surface area contributed by atoms with Crippen LogP contribution in [0, 0.1) is 0 Å². The van der Waals surface area contributed by atoms with E-state index in [1.807, 2.05) is 42.5 Å². The van der Waals surface area contributed by atoms with Crippen molar-refractivity contribution >= 4 is 5.91 Å². The van der Waals surface area contributed by atoms with Crippen LogP contribution in [0.5, 0.6) is 0 Å². The van der Waals surface area contributed by atoms with E-state index in [0.717, 1.165) is 24.2 Å². The largest absolute Gasteiger partial charge is 0.351 e. The molecule has 0 unspecified atom stereocenters. The molecule has 3 heterocycles. The van der Waals surface area contributed by atoms with Gasteiger partial charge in [-0.15, -0.1) is 0 Å². The lowest BCUT2D eigenvalue weighted by Gasteiger charge is -2.36. The summed E-state index contributed by atoms with van der Waals surface area (Å²) in [5, 5.41) is 6.95. The number of nitrogens with one attached hydrogen (secondary N) is 1. The average molecular weight is 349 g/mol. The van der Waals surface area contributed by atoms with Gasteiger partial charge in [0, 0.05) is 37.6 Å². The van der Waals surface area contributed by atoms with Crippen LogP contribution in [-0.4, -0.2) is 45.6 Å². The zero-order valence-corrected chi connectivity index (χ0v) is 14.2. The number of carbonyl (C=O) groups excluding carboxylic acids is 1. The van der Waals surface area contributed by atoms with Crippen LogP contribution < -0.4 is 5.32 Å². The molecular weight excluding hydrogens is 330 g/mol. The zero-order chi connectivity index (χ0) is 17.8. The zero-order valence-electron chi connectivity index (χ0n) is 14.2. The number of likely N-dealkylation sites (tertiary alicyclic amines) is 1. The van der Waals surface area contributed by atoms with Gasteiger partial charge in [0.2, 0.25) is 17.6 Å². The molecule has 0 aliphatic carbocycles. The van der Waals surface area contributed by atoms with E-state index in [9.17, 15) is 4.79 Å². The molecule has 3 aromatic rings. The van der Waals surface area contributed by atoms with Gasteiger partial charge in [-0.1, -0.05) is 35.5 Å². The van der Waals surface area contributed by atoms with Gasteiger partial charge in [-0.2, -0.15) is 4.98 Å². The van der Waals surface area contributed by atoms with E-state index in [4.69, 9.17) is 4.52 Å². The lowest BCUT2D eigenvalue weighted by molar-refractivity contribution is -0.123. The number of carbonyl (C=O) groups is 1. The van der Waals surface area contributed by atoms with Crippen molar-refractivity contribution in [1.82, 2.24) is 25.3 Å². The van der Waals surface area contributed by atoms with Crippen LogP contribution >= 0.6 is 0 Å². The predicted octanol–water partition coefficient (Wildman–Crippen LogP) is 1.85. The SMILES string of the molecule is O=C(CN1CC(c2nc(-c3cccnc3)no2)C1)NCc1ccccc1. The van der Waals surface area contributed by atoms with E-state index < -0.39 is 0 Å². The third-order valence-corrected chi connectivity index (χ3v) is 4.37. The van der Waals surface area contributed by atoms with E-state index >= 15 is 0 Å². The summed E-state index contributed by atoms with van der Waals surface area (Å²) in [6.07, 6.45) is 3.41. The van der Waals surface area contributed by atoms with Crippen LogP contribution in [0.15, 0.2) is 59.4 Å². The minimum Gasteiger partial charge on any atom is -0.351 e. The molecule has 1 fully saturated rings. The van der Waals surface area contributed by atoms with E-state index in [1.54, 1.807) is 12.4 Å². The molecular formula is C19H19N5O2. The molecule has 0 bridgehead atoms. The van der Waals surface area contributed by atoms with E-state index in [0.29, 0.717) is 24.8 Å². The smallest absolute Gasteiger partial charge is 0.234 e. The monoisotopic (exact) mass is 349 g/mol. The summed E-state index contributed by atoms with van der Waals surface area (Å²) in [5.41, 5.74) is 1.93. The van der Waals surface area contributed by atoms with E-state index in [1.165, 1.54) is 0 Å². The molecule has 1 amide bonds. The first kappa shape index (κ1) is 16.4. The van der Waals surface area contributed by atoms with E-state index in [-0.39, 0.29) is 11.8 Å². The Hall–Kier alpha value is -3.06. The Kier molecular flexibility index (Phi) is 4.70. The molecule has 26 heavy (non-hydrogen) atoms. The number of hydrogen-bond acceptors (Lipinski definition) is 6. The number of rotatable bonds is 6. The normalized spacial score (nSPS) is 14.8. The number of aromatic nitrogens is 3. The molecule has 1 aliphatic heterocycles. The van der Waals surface area contributed by atoms with Crippen LogP contribution in [0.25, 0.3) is 11.4 Å². The molecule has 2 aromatic heterocycles. The maximum atomic E-state index is 12.0. The van der Waals surface area contributed by atoms with Crippen LogP contribution in [0.2, 0.25) is 0 Å². The number of nitrogens with zero attached hydrogens (tertiary/aromatic N) is 4. The third kappa shape index (κ3) is 3.78. The first-order valence-electron chi connectivity index (χ1n) is 8.55. The topological polar surface area (TPSA) is 84.2 Å². The number of pyridine rings is 1. The molecule has 0 saturated carbocycles. The van der Waals surface area contributed by atoms with E-state index in [2.05, 4.69) is 25.3 Å². The molecule has 0 radical (unpaired) electrons. The molecule has 0 atom stereocenters. The second-order valence-corrected chi connectivity index (χ2v) is 6.35. The highest BCUT2D eigenvalue weighted by atomic mass is 16.5. The number of hydrogen-bond donors (Lipinski definition) is 1. The summed E-state index contributed by atoms with van der Waals surface area (Å²) in [5.74, 6) is 1.36. The lowest BCUT2D eigenvalue weighted by atomic mass is 10.0. The number of benzene rings is 1. The second kappa shape index (κ2) is 7.45. The first-order valence-corrected chi connectivity index (χ1v) is 8.55. The summed E-state index contributed by atoms with van der Waals surface area (Å²) in [7, 11) is 0. The van der Waals surface area contributed by atoms with Gasteiger partial charge in [-0.25, -0.2) is 0 Å². The van der Waals surface area contributed by atoms with Crippen molar-refractivity contribution in [2.75, 3.05) is 19.6 Å². The summed E-state index contributed by atoms with van der Waals surface area (Å²) >= 11 is 0. The number of amides is 1. The fourth-order valence-electron chi connectivity index (χ4n) is 2.92. The highest BCUT2D eigenvalue weighted by molar-refractivity contribution is 5.78. The molecule has 1 N–H and O–H groups in total. The fourth-order valence-corrected chi connectivity index (χ4v) is 2.92. The summed E-state index contributed by atoms with van der Waals surface area (Å²) in [4.78, 5) is 22.6. The van der Waals surface area contributed by atoms with Crippen molar-refractivity contribution in [3.63, 3.8) is 0 Å². The van der Waals surface area contributed by atoms with Crippen molar-refractivity contribution < 1.29 is 9.32 Å². The predicted molar refractivity (Wildman–Crippen MR) is 95.0 cm³/mol. The Labute approximate surface area is 151 Å². The van der Waals surface area contributed by atoms with Crippen molar-refractivity contribution in [2.45, 2.75) is 12.5 Å². The van der Waals surface area contributed by atoms with Gasteiger partial charge in [0.05, 0.1) is 12.5 Å². The van der Waals surface area contributed by atoms with Gasteiger partial charge in [0.25, 0.3) is 0 Å². The second-order valence-electron chi connectivity index (χ2n) is 6.35. The highest BCUT2D eigenvalue weighted by Crippen LogP contribution is 2.27. The molecule has 1 aliphatic rings. The van der Waals surface area contributed by atoms with Crippen LogP contribution in [-0.2, 0) is 11.3 Å². The Morgan fingerprint density at radius 3 is 2.81 bits per heavy atom. The summed E-state index contributed by atoms with van der Waals surface area (Å²) in [6.45, 7) is 2.42. The minimum absolute atomic E-state index is 0.0221. The molecule has 132 valence electrons. The standard InChI is InChI=1S/C19H19N5O2/c25-17(21-9-14-5-2-1-3-6-14)13-24-11-16(12-24)19-22-18(23-26-19)15-7-4-8-20-10-15/h1-8,10,16H,9,11-13H2,(H,21,25). The molecule has 0 spiro atoms. The van der Waals surface area contributed by atoms with Gasteiger partial charge in [0.15, 0.2) is 0 Å². The minimum atomic E-state index is 0.0221. The Morgan fingerprint density at radius 2 is 2.04 bits per heavy atom. The van der Waals surface area contributed by atoms with Crippen LogP contribution in [0.4, 0.5) is 0 Å². The lowest BCUT2D eigenvalue weighted by Crippen LogP contribution is -2.49. The van der Waals surface area contributed by atoms with Crippen molar-refractivity contribution in [1.29, 1.82) is 0 Å². The maximum Gasteiger partial charge on any atom is 0.234 e. The van der Waals surface area contributed by atoms with Gasteiger partial charge in [-0.3, -0.25) is 14.7 Å². The molecule has 1 saturated heterocycles. The van der Waals surface area contributed by atoms with Crippen LogP contribution in [0.3, 0.4) is 0 Å². The summed E-state index contributed by atoms with van der Waals surface area (Å²) in [6, 6.07) is 13.6. The first-order chi connectivity index (χ1) is 12.8. The quantitative estimate of drug-likeness (QED) is 0.731. The maximum absolute atomic E-state index is 12.0. The average Bonchev–Trinajstić information content (AvgIpc) is 3.14. The van der Waals surface area contributed by atoms with Crippen molar-refractivity contribution in [3.05, 3.63) is 66.3 Å². The van der Waals surface area contributed by atoms with Crippen molar-refractivity contribution in [2.24, 2.45) is 0 Å². The fraction of sp³-hybridized carbons (Fsp3) is 0.263. The van der Waals surface area contributed by atoms with Crippen LogP contribution in [0.1, 0.15) is 17.4 Å². The summed E-state index contributed by atoms with van der Waals surface area (Å²) < 4.78 is 5.37. The Morgan fingerprint density at radius 1 is 1.19 bits per heavy atom. The molecule has 4 rings (SSSR count). The van der Waals surface area contributed by atoms with Gasteiger partial charge >= 0.3 is 0 Å². The third-order valence-electron chi connectivity index (χ3n) is 4.37. The van der Waals surface area contributed by atoms with Crippen molar-refractivity contribution in [3.8, 4) is 11.4 Å². The van der Waals surface area contributed by atoms with Gasteiger partial charge in [0.1, 0.15) is 0 Å². The molecule has 1 aromatic carbocycles. The molecule has 7 nitrogen and oxygen atoms in total. The van der Waals surface area contributed by atoms with Gasteiger partial charge < -0.3 is 9.84 Å². The Balaban J connectivity index is 1.24.